The summed E-state index contributed by atoms with van der Waals surface area (Å²) in [5.74, 6) is 5.38. The van der Waals surface area contributed by atoms with E-state index >= 15 is 0 Å². The highest BCUT2D eigenvalue weighted by Crippen LogP contribution is 2.10. The molecule has 1 aromatic carbocycles. The molecule has 0 unspecified atom stereocenters. The zero-order valence-electron chi connectivity index (χ0n) is 12.6. The second-order valence-electron chi connectivity index (χ2n) is 5.25. The van der Waals surface area contributed by atoms with Crippen LogP contribution in [0.15, 0.2) is 18.2 Å². The zero-order chi connectivity index (χ0) is 15.0. The number of hydrogen-bond donors (Lipinski definition) is 1. The SMILES string of the molecule is CN(C)CCCN(C)Cc1cc(F)cc(C#CCN)c1. The zero-order valence-corrected chi connectivity index (χ0v) is 12.6. The first-order valence-corrected chi connectivity index (χ1v) is 6.83. The molecule has 0 bridgehead atoms. The van der Waals surface area contributed by atoms with E-state index in [9.17, 15) is 4.39 Å². The number of nitrogens with two attached hydrogens (primary N) is 1. The Kier molecular flexibility index (Phi) is 7.24. The van der Waals surface area contributed by atoms with Gasteiger partial charge in [0.15, 0.2) is 0 Å². The van der Waals surface area contributed by atoms with Crippen molar-refractivity contribution in [2.45, 2.75) is 13.0 Å². The van der Waals surface area contributed by atoms with Crippen LogP contribution < -0.4 is 5.73 Å². The molecule has 0 amide bonds. The van der Waals surface area contributed by atoms with Crippen LogP contribution in [0.1, 0.15) is 17.5 Å². The maximum Gasteiger partial charge on any atom is 0.124 e. The van der Waals surface area contributed by atoms with Crippen LogP contribution in [0.3, 0.4) is 0 Å². The molecular formula is C16H24FN3. The molecule has 0 saturated carbocycles. The highest BCUT2D eigenvalue weighted by atomic mass is 19.1. The molecule has 3 nitrogen and oxygen atoms in total. The maximum absolute atomic E-state index is 13.5. The van der Waals surface area contributed by atoms with Gasteiger partial charge in [0.1, 0.15) is 5.82 Å². The van der Waals surface area contributed by atoms with Crippen molar-refractivity contribution in [3.05, 3.63) is 35.1 Å². The molecule has 2 N–H and O–H groups in total. The Labute approximate surface area is 121 Å². The molecule has 20 heavy (non-hydrogen) atoms. The molecule has 1 aromatic rings. The Bertz CT molecular complexity index is 474. The van der Waals surface area contributed by atoms with Gasteiger partial charge in [0.2, 0.25) is 0 Å². The Balaban J connectivity index is 2.60. The van der Waals surface area contributed by atoms with Gasteiger partial charge in [-0.1, -0.05) is 11.8 Å². The van der Waals surface area contributed by atoms with Gasteiger partial charge < -0.3 is 15.5 Å². The second-order valence-corrected chi connectivity index (χ2v) is 5.25. The summed E-state index contributed by atoms with van der Waals surface area (Å²) in [5.41, 5.74) is 6.96. The molecule has 0 heterocycles. The summed E-state index contributed by atoms with van der Waals surface area (Å²) in [6, 6.07) is 4.93. The number of benzene rings is 1. The van der Waals surface area contributed by atoms with Gasteiger partial charge in [-0.3, -0.25) is 0 Å². The van der Waals surface area contributed by atoms with Crippen molar-refractivity contribution in [2.75, 3.05) is 40.8 Å². The van der Waals surface area contributed by atoms with Crippen LogP contribution in [-0.2, 0) is 6.54 Å². The molecule has 4 heteroatoms. The van der Waals surface area contributed by atoms with Gasteiger partial charge in [0.25, 0.3) is 0 Å². The smallest absolute Gasteiger partial charge is 0.124 e. The Morgan fingerprint density at radius 1 is 1.15 bits per heavy atom. The van der Waals surface area contributed by atoms with E-state index in [1.807, 2.05) is 13.1 Å². The van der Waals surface area contributed by atoms with Crippen molar-refractivity contribution in [1.29, 1.82) is 0 Å². The molecule has 0 saturated heterocycles. The Hall–Kier alpha value is -1.41. The van der Waals surface area contributed by atoms with Gasteiger partial charge in [-0.25, -0.2) is 4.39 Å². The summed E-state index contributed by atoms with van der Waals surface area (Å²) in [6.45, 7) is 3.05. The topological polar surface area (TPSA) is 32.5 Å². The minimum absolute atomic E-state index is 0.245. The normalized spacial score (nSPS) is 10.8. The molecule has 1 rings (SSSR count). The quantitative estimate of drug-likeness (QED) is 0.800. The molecule has 0 aliphatic carbocycles. The van der Waals surface area contributed by atoms with Crippen LogP contribution in [0.25, 0.3) is 0 Å². The molecular weight excluding hydrogens is 253 g/mol. The third kappa shape index (κ3) is 6.67. The standard InChI is InChI=1S/C16H24FN3/c1-19(2)8-5-9-20(3)13-15-10-14(6-4-7-18)11-16(17)12-15/h10-12H,5,7-9,13,18H2,1-3H3. The van der Waals surface area contributed by atoms with E-state index in [4.69, 9.17) is 5.73 Å². The molecule has 0 fully saturated rings. The third-order valence-electron chi connectivity index (χ3n) is 2.89. The van der Waals surface area contributed by atoms with Crippen molar-refractivity contribution in [1.82, 2.24) is 9.80 Å². The van der Waals surface area contributed by atoms with E-state index < -0.39 is 0 Å². The van der Waals surface area contributed by atoms with Gasteiger partial charge in [-0.05, 0) is 64.4 Å². The van der Waals surface area contributed by atoms with Crippen molar-refractivity contribution in [2.24, 2.45) is 5.73 Å². The Morgan fingerprint density at radius 3 is 2.55 bits per heavy atom. The van der Waals surface area contributed by atoms with Crippen LogP contribution in [0.2, 0.25) is 0 Å². The summed E-state index contributed by atoms with van der Waals surface area (Å²) < 4.78 is 13.5. The first kappa shape index (κ1) is 16.6. The maximum atomic E-state index is 13.5. The first-order valence-electron chi connectivity index (χ1n) is 6.83. The van der Waals surface area contributed by atoms with E-state index in [1.165, 1.54) is 6.07 Å². The lowest BCUT2D eigenvalue weighted by molar-refractivity contribution is 0.294. The number of rotatable bonds is 6. The monoisotopic (exact) mass is 277 g/mol. The van der Waals surface area contributed by atoms with E-state index in [-0.39, 0.29) is 12.4 Å². The van der Waals surface area contributed by atoms with E-state index in [0.717, 1.165) is 31.6 Å². The molecule has 0 atom stereocenters. The lowest BCUT2D eigenvalue weighted by Crippen LogP contribution is -2.23. The summed E-state index contributed by atoms with van der Waals surface area (Å²) >= 11 is 0. The fraction of sp³-hybridized carbons (Fsp3) is 0.500. The van der Waals surface area contributed by atoms with Crippen molar-refractivity contribution >= 4 is 0 Å². The molecule has 0 radical (unpaired) electrons. The van der Waals surface area contributed by atoms with Crippen LogP contribution in [0.4, 0.5) is 4.39 Å². The van der Waals surface area contributed by atoms with Crippen LogP contribution in [-0.4, -0.2) is 50.6 Å². The largest absolute Gasteiger partial charge is 0.320 e. The summed E-state index contributed by atoms with van der Waals surface area (Å²) in [4.78, 5) is 4.36. The summed E-state index contributed by atoms with van der Waals surface area (Å²) in [7, 11) is 6.18. The van der Waals surface area contributed by atoms with Crippen molar-refractivity contribution < 1.29 is 4.39 Å². The molecule has 0 aromatic heterocycles. The van der Waals surface area contributed by atoms with Crippen LogP contribution in [0.5, 0.6) is 0 Å². The van der Waals surface area contributed by atoms with Crippen LogP contribution in [0, 0.1) is 17.7 Å². The summed E-state index contributed by atoms with van der Waals surface area (Å²) in [6.07, 6.45) is 1.10. The van der Waals surface area contributed by atoms with Gasteiger partial charge >= 0.3 is 0 Å². The molecule has 0 aliphatic rings. The van der Waals surface area contributed by atoms with Gasteiger partial charge in [-0.15, -0.1) is 0 Å². The minimum atomic E-state index is -0.245. The van der Waals surface area contributed by atoms with E-state index in [1.54, 1.807) is 6.07 Å². The minimum Gasteiger partial charge on any atom is -0.320 e. The summed E-state index contributed by atoms with van der Waals surface area (Å²) in [5, 5.41) is 0. The van der Waals surface area contributed by atoms with Crippen molar-refractivity contribution in [3.63, 3.8) is 0 Å². The predicted molar refractivity (Wildman–Crippen MR) is 81.8 cm³/mol. The molecule has 0 aliphatic heterocycles. The van der Waals surface area contributed by atoms with Gasteiger partial charge in [0, 0.05) is 12.1 Å². The van der Waals surface area contributed by atoms with E-state index in [2.05, 4.69) is 35.7 Å². The van der Waals surface area contributed by atoms with Gasteiger partial charge in [0.05, 0.1) is 6.54 Å². The fourth-order valence-corrected chi connectivity index (χ4v) is 2.01. The number of halogens is 1. The Morgan fingerprint density at radius 2 is 1.90 bits per heavy atom. The van der Waals surface area contributed by atoms with Crippen molar-refractivity contribution in [3.8, 4) is 11.8 Å². The lowest BCUT2D eigenvalue weighted by Gasteiger charge is -2.18. The first-order chi connectivity index (χ1) is 9.51. The third-order valence-corrected chi connectivity index (χ3v) is 2.89. The molecule has 0 spiro atoms. The predicted octanol–water partition coefficient (Wildman–Crippen LogP) is 1.52. The highest BCUT2D eigenvalue weighted by molar-refractivity contribution is 5.37. The average Bonchev–Trinajstić information content (AvgIpc) is 2.35. The number of nitrogens with zero attached hydrogens (tertiary/aromatic N) is 2. The highest BCUT2D eigenvalue weighted by Gasteiger charge is 2.04. The molecule has 110 valence electrons. The second kappa shape index (κ2) is 8.70. The van der Waals surface area contributed by atoms with E-state index in [0.29, 0.717) is 5.56 Å². The van der Waals surface area contributed by atoms with Gasteiger partial charge in [-0.2, -0.15) is 0 Å². The average molecular weight is 277 g/mol. The fourth-order valence-electron chi connectivity index (χ4n) is 2.01. The lowest BCUT2D eigenvalue weighted by atomic mass is 10.1. The number of hydrogen-bond acceptors (Lipinski definition) is 3. The van der Waals surface area contributed by atoms with Crippen LogP contribution >= 0.6 is 0 Å².